The fourth-order valence-electron chi connectivity index (χ4n) is 1.05. The zero-order chi connectivity index (χ0) is 12.1. The molecule has 0 aromatic heterocycles. The first kappa shape index (κ1) is 15.4. The van der Waals surface area contributed by atoms with Crippen LogP contribution in [-0.4, -0.2) is 37.7 Å². The number of benzene rings is 1. The molecule has 0 amide bonds. The minimum atomic E-state index is -3.13. The van der Waals surface area contributed by atoms with Crippen LogP contribution in [0.15, 0.2) is 24.3 Å². The van der Waals surface area contributed by atoms with Gasteiger partial charge in [0.1, 0.15) is 0 Å². The van der Waals surface area contributed by atoms with Crippen LogP contribution in [-0.2, 0) is 9.98 Å². The Kier molecular flexibility index (Phi) is 7.02. The topological polar surface area (TPSA) is 57.5 Å². The molecule has 0 bridgehead atoms. The predicted molar refractivity (Wildman–Crippen MR) is 64.0 cm³/mol. The summed E-state index contributed by atoms with van der Waals surface area (Å²) in [6, 6.07) is 8.93. The van der Waals surface area contributed by atoms with E-state index in [0.29, 0.717) is 5.41 Å². The Morgan fingerprint density at radius 2 is 1.47 bits per heavy atom. The molecule has 0 atom stereocenters. The van der Waals surface area contributed by atoms with Crippen molar-refractivity contribution in [3.63, 3.8) is 0 Å². The average molecular weight is 238 g/mol. The SMILES string of the molecule is CC(C)(C)c1cc[c]([Na])cc1.O=[PH](O)O. The molecular formula is C10H16NaO3P. The monoisotopic (exact) mass is 238 g/mol. The zero-order valence-corrected chi connectivity index (χ0v) is 12.6. The maximum atomic E-state index is 8.74. The van der Waals surface area contributed by atoms with E-state index in [4.69, 9.17) is 14.4 Å². The van der Waals surface area contributed by atoms with Crippen molar-refractivity contribution in [1.29, 1.82) is 0 Å². The van der Waals surface area contributed by atoms with Crippen molar-refractivity contribution in [1.82, 2.24) is 0 Å². The first-order valence-corrected chi connectivity index (χ1v) is 7.03. The molecule has 5 heteroatoms. The fourth-order valence-corrected chi connectivity index (χ4v) is 1.39. The van der Waals surface area contributed by atoms with Gasteiger partial charge in [0.05, 0.1) is 0 Å². The van der Waals surface area contributed by atoms with Crippen LogP contribution in [0.25, 0.3) is 0 Å². The van der Waals surface area contributed by atoms with Gasteiger partial charge in [-0.1, -0.05) is 0 Å². The predicted octanol–water partition coefficient (Wildman–Crippen LogP) is 1.14. The Morgan fingerprint density at radius 1 is 1.13 bits per heavy atom. The molecule has 0 aliphatic rings. The van der Waals surface area contributed by atoms with Crippen LogP contribution in [0.1, 0.15) is 26.3 Å². The van der Waals surface area contributed by atoms with E-state index < -0.39 is 8.25 Å². The molecule has 0 fully saturated rings. The van der Waals surface area contributed by atoms with E-state index in [1.54, 1.807) is 0 Å². The molecule has 1 aromatic carbocycles. The summed E-state index contributed by atoms with van der Waals surface area (Å²) in [6.07, 6.45) is 0. The van der Waals surface area contributed by atoms with Gasteiger partial charge in [-0.15, -0.1) is 0 Å². The molecule has 0 spiro atoms. The van der Waals surface area contributed by atoms with Crippen molar-refractivity contribution in [2.45, 2.75) is 26.2 Å². The summed E-state index contributed by atoms with van der Waals surface area (Å²) in [6.45, 7) is 6.74. The Morgan fingerprint density at radius 3 is 1.73 bits per heavy atom. The molecule has 0 aliphatic carbocycles. The van der Waals surface area contributed by atoms with Gasteiger partial charge in [0.25, 0.3) is 0 Å². The molecule has 0 aliphatic heterocycles. The molecule has 3 nitrogen and oxygen atoms in total. The summed E-state index contributed by atoms with van der Waals surface area (Å²) in [7, 11) is -3.13. The van der Waals surface area contributed by atoms with Crippen LogP contribution in [0.4, 0.5) is 0 Å². The summed E-state index contributed by atoms with van der Waals surface area (Å²) >= 11 is 1.16. The molecule has 15 heavy (non-hydrogen) atoms. The minimum absolute atomic E-state index is 0.301. The maximum Gasteiger partial charge on any atom is 0.314 e. The van der Waals surface area contributed by atoms with E-state index in [0.717, 1.165) is 27.9 Å². The minimum Gasteiger partial charge on any atom is -0.326 e. The van der Waals surface area contributed by atoms with Crippen LogP contribution in [0.5, 0.6) is 0 Å². The molecule has 2 N–H and O–H groups in total. The van der Waals surface area contributed by atoms with Crippen molar-refractivity contribution in [2.24, 2.45) is 0 Å². The van der Waals surface area contributed by atoms with Crippen molar-refractivity contribution in [2.75, 3.05) is 0 Å². The molecule has 0 heterocycles. The van der Waals surface area contributed by atoms with Gasteiger partial charge >= 0.3 is 95.0 Å². The molecule has 0 unspecified atom stereocenters. The van der Waals surface area contributed by atoms with Crippen LogP contribution in [0.2, 0.25) is 0 Å². The van der Waals surface area contributed by atoms with Crippen molar-refractivity contribution >= 4 is 39.0 Å². The third-order valence-electron chi connectivity index (χ3n) is 1.92. The maximum absolute atomic E-state index is 8.74. The Labute approximate surface area is 109 Å². The molecule has 1 aromatic rings. The quantitative estimate of drug-likeness (QED) is 0.526. The second-order valence-electron chi connectivity index (χ2n) is 4.40. The third-order valence-corrected chi connectivity index (χ3v) is 2.58. The standard InChI is InChI=1S/C10H13.Na.H3O3P/c1-10(2,3)9-7-5-4-6-8-9;;1-4(2)3/h5-8H,1-3H3;;4H,(H2,1,2,3). The van der Waals surface area contributed by atoms with Gasteiger partial charge < -0.3 is 9.79 Å². The van der Waals surface area contributed by atoms with Gasteiger partial charge in [-0.3, -0.25) is 4.57 Å². The van der Waals surface area contributed by atoms with Crippen LogP contribution >= 0.6 is 8.25 Å². The zero-order valence-electron chi connectivity index (χ0n) is 9.61. The van der Waals surface area contributed by atoms with Gasteiger partial charge in [0.2, 0.25) is 0 Å². The van der Waals surface area contributed by atoms with Gasteiger partial charge in [-0.2, -0.15) is 0 Å². The largest absolute Gasteiger partial charge is 0.326 e. The smallest absolute Gasteiger partial charge is 0.314 e. The number of hydrogen-bond acceptors (Lipinski definition) is 1. The van der Waals surface area contributed by atoms with E-state index in [9.17, 15) is 0 Å². The summed E-state index contributed by atoms with van der Waals surface area (Å²) in [5, 5.41) is 0. The van der Waals surface area contributed by atoms with Crippen molar-refractivity contribution in [3.05, 3.63) is 29.8 Å². The van der Waals surface area contributed by atoms with Crippen molar-refractivity contribution < 1.29 is 14.4 Å². The molecule has 80 valence electrons. The normalized spacial score (nSPS) is 10.9. The first-order valence-electron chi connectivity index (χ1n) is 4.72. The third kappa shape index (κ3) is 8.21. The van der Waals surface area contributed by atoms with Gasteiger partial charge in [0.15, 0.2) is 0 Å². The Hall–Kier alpha value is 0.370. The number of hydrogen-bond donors (Lipinski definition) is 2. The van der Waals surface area contributed by atoms with E-state index in [1.165, 1.54) is 8.38 Å². The second kappa shape index (κ2) is 6.85. The summed E-state index contributed by atoms with van der Waals surface area (Å²) < 4.78 is 10.2. The van der Waals surface area contributed by atoms with Gasteiger partial charge in [0, 0.05) is 0 Å². The van der Waals surface area contributed by atoms with Crippen LogP contribution in [0.3, 0.4) is 0 Å². The fraction of sp³-hybridized carbons (Fsp3) is 0.400. The van der Waals surface area contributed by atoms with Crippen LogP contribution in [0, 0.1) is 0 Å². The van der Waals surface area contributed by atoms with E-state index in [-0.39, 0.29) is 0 Å². The summed E-state index contributed by atoms with van der Waals surface area (Å²) in [5.74, 6) is 0. The van der Waals surface area contributed by atoms with Gasteiger partial charge in [-0.05, 0) is 0 Å². The van der Waals surface area contributed by atoms with E-state index in [1.807, 2.05) is 0 Å². The van der Waals surface area contributed by atoms with E-state index >= 15 is 0 Å². The summed E-state index contributed by atoms with van der Waals surface area (Å²) in [4.78, 5) is 14.3. The molecular weight excluding hydrogens is 222 g/mol. The first-order chi connectivity index (χ1) is 6.73. The van der Waals surface area contributed by atoms with Crippen molar-refractivity contribution in [3.8, 4) is 0 Å². The Bertz CT molecular complexity index is 312. The van der Waals surface area contributed by atoms with Crippen LogP contribution < -0.4 is 2.81 Å². The second-order valence-corrected chi connectivity index (χ2v) is 6.12. The Balaban J connectivity index is 0.000000423. The molecule has 1 rings (SSSR count). The molecule has 0 radical (unpaired) electrons. The average Bonchev–Trinajstić information content (AvgIpc) is 2.01. The van der Waals surface area contributed by atoms with Gasteiger partial charge in [-0.25, -0.2) is 0 Å². The summed E-state index contributed by atoms with van der Waals surface area (Å²) in [5.41, 5.74) is 1.73. The number of rotatable bonds is 0. The van der Waals surface area contributed by atoms with E-state index in [2.05, 4.69) is 45.0 Å². The molecule has 0 saturated heterocycles. The molecule has 0 saturated carbocycles.